The Hall–Kier alpha value is -3.01. The van der Waals surface area contributed by atoms with Crippen molar-refractivity contribution in [2.24, 2.45) is 0 Å². The number of carbonyl (C=O) groups excluding carboxylic acids is 1. The molecule has 0 bridgehead atoms. The first kappa shape index (κ1) is 15.3. The van der Waals surface area contributed by atoms with Crippen LogP contribution in [0.4, 0.5) is 0 Å². The summed E-state index contributed by atoms with van der Waals surface area (Å²) in [5.74, 6) is 0.351. The van der Waals surface area contributed by atoms with Crippen LogP contribution in [0.2, 0.25) is 0 Å². The van der Waals surface area contributed by atoms with Crippen LogP contribution in [0.25, 0.3) is 11.3 Å². The summed E-state index contributed by atoms with van der Waals surface area (Å²) in [6, 6.07) is 19.4. The molecule has 2 N–H and O–H groups in total. The van der Waals surface area contributed by atoms with Gasteiger partial charge in [-0.25, -0.2) is 0 Å². The quantitative estimate of drug-likeness (QED) is 0.736. The van der Waals surface area contributed by atoms with Crippen molar-refractivity contribution in [1.29, 1.82) is 0 Å². The predicted octanol–water partition coefficient (Wildman–Crippen LogP) is 4.07. The molecule has 130 valence electrons. The maximum Gasteiger partial charge on any atom is 0.270 e. The van der Waals surface area contributed by atoms with Crippen molar-refractivity contribution in [3.63, 3.8) is 0 Å². The molecule has 1 aromatic heterocycles. The first-order chi connectivity index (χ1) is 12.6. The molecule has 4 nitrogen and oxygen atoms in total. The molecular formula is C22H20N2O2. The highest BCUT2D eigenvalue weighted by molar-refractivity contribution is 5.93. The molecule has 0 atom stereocenters. The van der Waals surface area contributed by atoms with Gasteiger partial charge in [-0.2, -0.15) is 0 Å². The van der Waals surface area contributed by atoms with Crippen LogP contribution >= 0.6 is 0 Å². The van der Waals surface area contributed by atoms with E-state index < -0.39 is 0 Å². The second-order valence-corrected chi connectivity index (χ2v) is 7.43. The van der Waals surface area contributed by atoms with Crippen molar-refractivity contribution in [3.05, 3.63) is 77.5 Å². The highest BCUT2D eigenvalue weighted by atomic mass is 16.3. The van der Waals surface area contributed by atoms with Gasteiger partial charge >= 0.3 is 0 Å². The van der Waals surface area contributed by atoms with Crippen LogP contribution in [0, 0.1) is 0 Å². The van der Waals surface area contributed by atoms with Gasteiger partial charge in [-0.1, -0.05) is 36.4 Å². The number of aromatic hydroxyl groups is 1. The number of aromatic amines is 1. The van der Waals surface area contributed by atoms with Gasteiger partial charge in [-0.05, 0) is 53.8 Å². The predicted molar refractivity (Wildman–Crippen MR) is 100.0 cm³/mol. The van der Waals surface area contributed by atoms with E-state index in [0.29, 0.717) is 18.0 Å². The zero-order chi connectivity index (χ0) is 17.7. The van der Waals surface area contributed by atoms with E-state index in [0.717, 1.165) is 36.2 Å². The van der Waals surface area contributed by atoms with Gasteiger partial charge in [0, 0.05) is 24.2 Å². The number of phenols is 1. The summed E-state index contributed by atoms with van der Waals surface area (Å²) in [6.45, 7) is 1.32. The lowest BCUT2D eigenvalue weighted by molar-refractivity contribution is 0.0704. The number of nitrogens with one attached hydrogen (secondary N) is 1. The number of hydrogen-bond donors (Lipinski definition) is 2. The van der Waals surface area contributed by atoms with Crippen molar-refractivity contribution < 1.29 is 9.90 Å². The molecule has 1 aliphatic carbocycles. The molecule has 1 aliphatic heterocycles. The number of amides is 1. The SMILES string of the molecule is O=C(c1ccc(-c2ccccc2)[nH]1)N1Cc2ccc(O)cc2C2(CC2)C1. The molecule has 26 heavy (non-hydrogen) atoms. The molecule has 3 aromatic rings. The fourth-order valence-corrected chi connectivity index (χ4v) is 4.11. The van der Waals surface area contributed by atoms with Gasteiger partial charge in [-0.3, -0.25) is 4.79 Å². The van der Waals surface area contributed by atoms with Crippen LogP contribution in [0.3, 0.4) is 0 Å². The van der Waals surface area contributed by atoms with Crippen LogP contribution in [0.5, 0.6) is 5.75 Å². The highest BCUT2D eigenvalue weighted by Gasteiger charge is 2.50. The van der Waals surface area contributed by atoms with Crippen LogP contribution in [-0.4, -0.2) is 27.4 Å². The Morgan fingerprint density at radius 2 is 1.85 bits per heavy atom. The minimum Gasteiger partial charge on any atom is -0.508 e. The van der Waals surface area contributed by atoms with Gasteiger partial charge in [0.25, 0.3) is 5.91 Å². The summed E-state index contributed by atoms with van der Waals surface area (Å²) in [7, 11) is 0. The molecule has 5 rings (SSSR count). The summed E-state index contributed by atoms with van der Waals surface area (Å²) < 4.78 is 0. The normalized spacial score (nSPS) is 17.2. The number of carbonyl (C=O) groups is 1. The number of H-pyrrole nitrogens is 1. The molecule has 1 amide bonds. The Bertz CT molecular complexity index is 986. The van der Waals surface area contributed by atoms with Crippen LogP contribution in [-0.2, 0) is 12.0 Å². The molecule has 4 heteroatoms. The molecule has 0 radical (unpaired) electrons. The van der Waals surface area contributed by atoms with Crippen molar-refractivity contribution in [2.75, 3.05) is 6.54 Å². The minimum absolute atomic E-state index is 0.0385. The molecule has 1 spiro atoms. The average molecular weight is 344 g/mol. The largest absolute Gasteiger partial charge is 0.508 e. The number of phenolic OH excluding ortho intramolecular Hbond substituents is 1. The second kappa shape index (κ2) is 5.49. The third kappa shape index (κ3) is 2.41. The number of benzene rings is 2. The maximum atomic E-state index is 13.1. The molecule has 1 saturated carbocycles. The third-order valence-electron chi connectivity index (χ3n) is 5.66. The van der Waals surface area contributed by atoms with Gasteiger partial charge in [0.15, 0.2) is 0 Å². The highest BCUT2D eigenvalue weighted by Crippen LogP contribution is 2.53. The molecule has 1 fully saturated rings. The Kier molecular flexibility index (Phi) is 3.23. The van der Waals surface area contributed by atoms with E-state index in [4.69, 9.17) is 0 Å². The van der Waals surface area contributed by atoms with E-state index in [1.807, 2.05) is 59.5 Å². The van der Waals surface area contributed by atoms with Crippen LogP contribution in [0.1, 0.15) is 34.5 Å². The van der Waals surface area contributed by atoms with Gasteiger partial charge in [-0.15, -0.1) is 0 Å². The van der Waals surface area contributed by atoms with Crippen molar-refractivity contribution in [1.82, 2.24) is 9.88 Å². The molecule has 2 heterocycles. The lowest BCUT2D eigenvalue weighted by Gasteiger charge is -2.35. The van der Waals surface area contributed by atoms with Crippen molar-refractivity contribution in [3.8, 4) is 17.0 Å². The van der Waals surface area contributed by atoms with E-state index in [1.165, 1.54) is 5.56 Å². The molecule has 0 saturated heterocycles. The monoisotopic (exact) mass is 344 g/mol. The van der Waals surface area contributed by atoms with Gasteiger partial charge < -0.3 is 15.0 Å². The first-order valence-corrected chi connectivity index (χ1v) is 9.01. The Labute approximate surface area is 152 Å². The van der Waals surface area contributed by atoms with E-state index in [-0.39, 0.29) is 11.3 Å². The lowest BCUT2D eigenvalue weighted by atomic mass is 9.86. The van der Waals surface area contributed by atoms with E-state index in [1.54, 1.807) is 6.07 Å². The van der Waals surface area contributed by atoms with Gasteiger partial charge in [0.05, 0.1) is 0 Å². The number of aromatic nitrogens is 1. The lowest BCUT2D eigenvalue weighted by Crippen LogP contribution is -2.41. The number of rotatable bonds is 2. The summed E-state index contributed by atoms with van der Waals surface area (Å²) in [5, 5.41) is 9.83. The molecule has 2 aliphatic rings. The summed E-state index contributed by atoms with van der Waals surface area (Å²) in [4.78, 5) is 18.3. The zero-order valence-electron chi connectivity index (χ0n) is 14.4. The number of fused-ring (bicyclic) bond motifs is 2. The molecule has 2 aromatic carbocycles. The third-order valence-corrected chi connectivity index (χ3v) is 5.66. The zero-order valence-corrected chi connectivity index (χ0v) is 14.4. The number of hydrogen-bond acceptors (Lipinski definition) is 2. The fraction of sp³-hybridized carbons (Fsp3) is 0.227. The maximum absolute atomic E-state index is 13.1. The minimum atomic E-state index is 0.0385. The first-order valence-electron chi connectivity index (χ1n) is 9.01. The molecule has 0 unspecified atom stereocenters. The summed E-state index contributed by atoms with van der Waals surface area (Å²) >= 11 is 0. The van der Waals surface area contributed by atoms with Crippen LogP contribution < -0.4 is 0 Å². The van der Waals surface area contributed by atoms with Crippen LogP contribution in [0.15, 0.2) is 60.7 Å². The summed E-state index contributed by atoms with van der Waals surface area (Å²) in [5.41, 5.74) is 5.06. The van der Waals surface area contributed by atoms with Crippen molar-refractivity contribution >= 4 is 5.91 Å². The average Bonchev–Trinajstić information content (AvgIpc) is 3.26. The van der Waals surface area contributed by atoms with E-state index in [9.17, 15) is 9.90 Å². The summed E-state index contributed by atoms with van der Waals surface area (Å²) in [6.07, 6.45) is 2.15. The van der Waals surface area contributed by atoms with Gasteiger partial charge in [0.1, 0.15) is 11.4 Å². The van der Waals surface area contributed by atoms with Crippen molar-refractivity contribution in [2.45, 2.75) is 24.8 Å². The smallest absolute Gasteiger partial charge is 0.270 e. The van der Waals surface area contributed by atoms with E-state index in [2.05, 4.69) is 4.98 Å². The van der Waals surface area contributed by atoms with E-state index >= 15 is 0 Å². The Morgan fingerprint density at radius 1 is 1.04 bits per heavy atom. The Morgan fingerprint density at radius 3 is 2.62 bits per heavy atom. The fourth-order valence-electron chi connectivity index (χ4n) is 4.11. The standard InChI is InChI=1S/C22H20N2O2/c25-17-7-6-16-13-24(14-22(10-11-22)18(16)12-17)21(26)20-9-8-19(23-20)15-4-2-1-3-5-15/h1-9,12,23,25H,10-11,13-14H2. The topological polar surface area (TPSA) is 56.3 Å². The van der Waals surface area contributed by atoms with Gasteiger partial charge in [0.2, 0.25) is 0 Å². The Balaban J connectivity index is 1.44. The second-order valence-electron chi connectivity index (χ2n) is 7.43. The number of nitrogens with zero attached hydrogens (tertiary/aromatic N) is 1. The molecular weight excluding hydrogens is 324 g/mol.